The molecule has 0 aliphatic carbocycles. The third kappa shape index (κ3) is 3.12. The highest BCUT2D eigenvalue weighted by molar-refractivity contribution is 9.10. The van der Waals surface area contributed by atoms with Gasteiger partial charge in [-0.2, -0.15) is 0 Å². The van der Waals surface area contributed by atoms with Gasteiger partial charge in [-0.1, -0.05) is 13.8 Å². The fourth-order valence-electron chi connectivity index (χ4n) is 1.22. The van der Waals surface area contributed by atoms with E-state index in [9.17, 15) is 0 Å². The number of nitrogens with one attached hydrogen (secondary N) is 2. The summed E-state index contributed by atoms with van der Waals surface area (Å²) in [5.41, 5.74) is 1.12. The standard InChI is InChI=1S/C9H16BrN3/c1-6(2)4-8-12-7(5-11-3)9(10)13-8/h6,11H,4-5H2,1-3H3,(H,12,13). The summed E-state index contributed by atoms with van der Waals surface area (Å²) in [6.07, 6.45) is 1.00. The molecule has 1 aromatic heterocycles. The van der Waals surface area contributed by atoms with E-state index in [0.29, 0.717) is 5.92 Å². The van der Waals surface area contributed by atoms with Crippen molar-refractivity contribution in [3.8, 4) is 0 Å². The smallest absolute Gasteiger partial charge is 0.128 e. The van der Waals surface area contributed by atoms with Gasteiger partial charge in [-0.3, -0.25) is 0 Å². The van der Waals surface area contributed by atoms with Crippen LogP contribution in [0, 0.1) is 5.92 Å². The second-order valence-corrected chi connectivity index (χ2v) is 4.33. The summed E-state index contributed by atoms with van der Waals surface area (Å²) in [5.74, 6) is 1.70. The van der Waals surface area contributed by atoms with E-state index in [4.69, 9.17) is 0 Å². The Kier molecular flexibility index (Phi) is 3.93. The molecule has 0 amide bonds. The molecule has 0 aromatic carbocycles. The molecule has 2 N–H and O–H groups in total. The number of nitrogens with zero attached hydrogens (tertiary/aromatic N) is 1. The van der Waals surface area contributed by atoms with Gasteiger partial charge >= 0.3 is 0 Å². The van der Waals surface area contributed by atoms with Crippen LogP contribution in [0.5, 0.6) is 0 Å². The average molecular weight is 246 g/mol. The Morgan fingerprint density at radius 3 is 2.77 bits per heavy atom. The first-order valence-corrected chi connectivity index (χ1v) is 5.30. The number of H-pyrrole nitrogens is 1. The zero-order chi connectivity index (χ0) is 9.84. The number of aromatic amines is 1. The Morgan fingerprint density at radius 1 is 1.54 bits per heavy atom. The molecule has 13 heavy (non-hydrogen) atoms. The van der Waals surface area contributed by atoms with Crippen molar-refractivity contribution in [1.29, 1.82) is 0 Å². The van der Waals surface area contributed by atoms with Crippen molar-refractivity contribution < 1.29 is 0 Å². The number of aromatic nitrogens is 2. The zero-order valence-electron chi connectivity index (χ0n) is 8.32. The topological polar surface area (TPSA) is 40.7 Å². The molecule has 0 saturated heterocycles. The molecule has 1 aromatic rings. The monoisotopic (exact) mass is 245 g/mol. The number of hydrogen-bond acceptors (Lipinski definition) is 2. The lowest BCUT2D eigenvalue weighted by molar-refractivity contribution is 0.623. The lowest BCUT2D eigenvalue weighted by atomic mass is 10.1. The van der Waals surface area contributed by atoms with Crippen molar-refractivity contribution in [2.75, 3.05) is 7.05 Å². The van der Waals surface area contributed by atoms with Crippen molar-refractivity contribution in [3.63, 3.8) is 0 Å². The van der Waals surface area contributed by atoms with Gasteiger partial charge < -0.3 is 10.3 Å². The van der Waals surface area contributed by atoms with Gasteiger partial charge in [-0.15, -0.1) is 0 Å². The SMILES string of the molecule is CNCc1[nH]c(CC(C)C)nc1Br. The van der Waals surface area contributed by atoms with Gasteiger partial charge in [0.1, 0.15) is 10.4 Å². The van der Waals surface area contributed by atoms with Crippen LogP contribution in [-0.4, -0.2) is 17.0 Å². The van der Waals surface area contributed by atoms with Crippen molar-refractivity contribution in [1.82, 2.24) is 15.3 Å². The fourth-order valence-corrected chi connectivity index (χ4v) is 1.67. The van der Waals surface area contributed by atoms with E-state index in [1.807, 2.05) is 7.05 Å². The zero-order valence-corrected chi connectivity index (χ0v) is 9.90. The lowest BCUT2D eigenvalue weighted by Gasteiger charge is -1.99. The van der Waals surface area contributed by atoms with E-state index >= 15 is 0 Å². The van der Waals surface area contributed by atoms with Crippen LogP contribution in [0.15, 0.2) is 4.60 Å². The van der Waals surface area contributed by atoms with Gasteiger partial charge in [0.2, 0.25) is 0 Å². The third-order valence-corrected chi connectivity index (χ3v) is 2.39. The maximum Gasteiger partial charge on any atom is 0.128 e. The first-order chi connectivity index (χ1) is 6.13. The summed E-state index contributed by atoms with van der Waals surface area (Å²) in [7, 11) is 1.93. The van der Waals surface area contributed by atoms with Crippen LogP contribution in [0.4, 0.5) is 0 Å². The summed E-state index contributed by atoms with van der Waals surface area (Å²) < 4.78 is 0.928. The summed E-state index contributed by atoms with van der Waals surface area (Å²) >= 11 is 3.43. The first-order valence-electron chi connectivity index (χ1n) is 4.51. The molecule has 0 unspecified atom stereocenters. The van der Waals surface area contributed by atoms with Gasteiger partial charge in [0.25, 0.3) is 0 Å². The fraction of sp³-hybridized carbons (Fsp3) is 0.667. The minimum absolute atomic E-state index is 0.639. The molecule has 0 aliphatic heterocycles. The van der Waals surface area contributed by atoms with Crippen LogP contribution < -0.4 is 5.32 Å². The maximum absolute atomic E-state index is 4.39. The van der Waals surface area contributed by atoms with E-state index in [1.54, 1.807) is 0 Å². The predicted octanol–water partition coefficient (Wildman–Crippen LogP) is 2.09. The normalized spacial score (nSPS) is 11.2. The molecular weight excluding hydrogens is 230 g/mol. The van der Waals surface area contributed by atoms with Crippen molar-refractivity contribution in [2.45, 2.75) is 26.8 Å². The average Bonchev–Trinajstić information content (AvgIpc) is 2.31. The van der Waals surface area contributed by atoms with Gasteiger partial charge in [0.15, 0.2) is 0 Å². The highest BCUT2D eigenvalue weighted by atomic mass is 79.9. The largest absolute Gasteiger partial charge is 0.344 e. The van der Waals surface area contributed by atoms with Crippen LogP contribution in [0.1, 0.15) is 25.4 Å². The Balaban J connectivity index is 2.70. The number of imidazole rings is 1. The summed E-state index contributed by atoms with van der Waals surface area (Å²) in [6.45, 7) is 5.20. The summed E-state index contributed by atoms with van der Waals surface area (Å²) in [4.78, 5) is 7.68. The van der Waals surface area contributed by atoms with E-state index in [-0.39, 0.29) is 0 Å². The third-order valence-electron chi connectivity index (χ3n) is 1.73. The van der Waals surface area contributed by atoms with Crippen LogP contribution >= 0.6 is 15.9 Å². The minimum atomic E-state index is 0.639. The number of halogens is 1. The Bertz CT molecular complexity index is 268. The molecular formula is C9H16BrN3. The molecule has 0 fully saturated rings. The van der Waals surface area contributed by atoms with E-state index in [0.717, 1.165) is 29.1 Å². The second-order valence-electron chi connectivity index (χ2n) is 3.58. The van der Waals surface area contributed by atoms with Crippen LogP contribution in [0.3, 0.4) is 0 Å². The number of hydrogen-bond donors (Lipinski definition) is 2. The van der Waals surface area contributed by atoms with E-state index in [2.05, 4.69) is 45.1 Å². The Hall–Kier alpha value is -0.350. The minimum Gasteiger partial charge on any atom is -0.344 e. The van der Waals surface area contributed by atoms with Crippen molar-refractivity contribution in [2.24, 2.45) is 5.92 Å². The molecule has 3 nitrogen and oxygen atoms in total. The maximum atomic E-state index is 4.39. The van der Waals surface area contributed by atoms with Gasteiger partial charge in [-0.25, -0.2) is 4.98 Å². The summed E-state index contributed by atoms with van der Waals surface area (Å²) in [6, 6.07) is 0. The molecule has 0 atom stereocenters. The van der Waals surface area contributed by atoms with Gasteiger partial charge in [-0.05, 0) is 28.9 Å². The van der Waals surface area contributed by atoms with E-state index in [1.165, 1.54) is 0 Å². The molecule has 1 rings (SSSR count). The van der Waals surface area contributed by atoms with Crippen molar-refractivity contribution >= 4 is 15.9 Å². The molecule has 4 heteroatoms. The molecule has 1 heterocycles. The van der Waals surface area contributed by atoms with E-state index < -0.39 is 0 Å². The van der Waals surface area contributed by atoms with Crippen LogP contribution in [0.25, 0.3) is 0 Å². The molecule has 0 saturated carbocycles. The Morgan fingerprint density at radius 2 is 2.23 bits per heavy atom. The van der Waals surface area contributed by atoms with Crippen LogP contribution in [-0.2, 0) is 13.0 Å². The predicted molar refractivity (Wildman–Crippen MR) is 57.6 cm³/mol. The molecule has 0 aliphatic rings. The highest BCUT2D eigenvalue weighted by Crippen LogP contribution is 2.15. The molecule has 0 bridgehead atoms. The van der Waals surface area contributed by atoms with Crippen LogP contribution in [0.2, 0.25) is 0 Å². The molecule has 0 radical (unpaired) electrons. The lowest BCUT2D eigenvalue weighted by Crippen LogP contribution is -2.06. The second kappa shape index (κ2) is 4.77. The number of rotatable bonds is 4. The quantitative estimate of drug-likeness (QED) is 0.854. The summed E-state index contributed by atoms with van der Waals surface area (Å²) in [5, 5.41) is 3.09. The molecule has 0 spiro atoms. The van der Waals surface area contributed by atoms with Crippen molar-refractivity contribution in [3.05, 3.63) is 16.1 Å². The van der Waals surface area contributed by atoms with Gasteiger partial charge in [0, 0.05) is 13.0 Å². The molecule has 74 valence electrons. The Labute approximate surface area is 87.5 Å². The highest BCUT2D eigenvalue weighted by Gasteiger charge is 2.07. The van der Waals surface area contributed by atoms with Gasteiger partial charge in [0.05, 0.1) is 5.69 Å². The first kappa shape index (κ1) is 10.7.